The van der Waals surface area contributed by atoms with Crippen LogP contribution >= 0.6 is 0 Å². The summed E-state index contributed by atoms with van der Waals surface area (Å²) in [6, 6.07) is 22.4. The number of nitrogens with zero attached hydrogens (tertiary/aromatic N) is 2. The zero-order valence-corrected chi connectivity index (χ0v) is 19.8. The summed E-state index contributed by atoms with van der Waals surface area (Å²) < 4.78 is 41.8. The smallest absolute Gasteiger partial charge is 0.319 e. The van der Waals surface area contributed by atoms with Crippen LogP contribution in [0, 0.1) is 0 Å². The Morgan fingerprint density at radius 3 is 1.94 bits per heavy atom. The molecule has 0 aliphatic rings. The number of halogens is 3. The number of hydrogen-bond acceptors (Lipinski definition) is 3. The first-order chi connectivity index (χ1) is 16.7. The summed E-state index contributed by atoms with van der Waals surface area (Å²) in [4.78, 5) is 8.60. The van der Waals surface area contributed by atoms with Crippen LogP contribution in [-0.4, -0.2) is 9.97 Å². The van der Waals surface area contributed by atoms with Gasteiger partial charge in [-0.15, -0.1) is 0 Å². The van der Waals surface area contributed by atoms with Crippen molar-refractivity contribution in [2.45, 2.75) is 44.8 Å². The Labute approximate surface area is 203 Å². The normalized spacial score (nSPS) is 13.4. The first-order valence-electron chi connectivity index (χ1n) is 11.6. The van der Waals surface area contributed by atoms with Crippen LogP contribution in [-0.2, 0) is 24.6 Å². The fourth-order valence-corrected chi connectivity index (χ4v) is 3.94. The molecule has 0 amide bonds. The maximum atomic E-state index is 13.9. The summed E-state index contributed by atoms with van der Waals surface area (Å²) in [5, 5.41) is 0. The minimum absolute atomic E-state index is 0.270. The highest BCUT2D eigenvalue weighted by molar-refractivity contribution is 5.64. The number of rotatable bonds is 7. The van der Waals surface area contributed by atoms with Crippen molar-refractivity contribution in [3.05, 3.63) is 108 Å². The Morgan fingerprint density at radius 2 is 1.34 bits per heavy atom. The van der Waals surface area contributed by atoms with Gasteiger partial charge in [0.25, 0.3) is 0 Å². The maximum Gasteiger partial charge on any atom is 0.416 e. The van der Waals surface area contributed by atoms with Crippen LogP contribution in [0.2, 0.25) is 0 Å². The largest absolute Gasteiger partial charge is 0.416 e. The number of nitrogens with two attached hydrogens (primary N) is 1. The van der Waals surface area contributed by atoms with Gasteiger partial charge in [0.15, 0.2) is 0 Å². The number of benzene rings is 3. The molecular formula is C29H28F3N3. The molecule has 0 spiro atoms. The molecule has 180 valence electrons. The van der Waals surface area contributed by atoms with Crippen LogP contribution < -0.4 is 5.73 Å². The van der Waals surface area contributed by atoms with Crippen molar-refractivity contribution < 1.29 is 13.2 Å². The molecule has 0 radical (unpaired) electrons. The van der Waals surface area contributed by atoms with E-state index in [4.69, 9.17) is 5.73 Å². The molecule has 2 N–H and O–H groups in total. The molecule has 0 unspecified atom stereocenters. The predicted octanol–water partition coefficient (Wildman–Crippen LogP) is 7.20. The van der Waals surface area contributed by atoms with Gasteiger partial charge in [0.2, 0.25) is 0 Å². The molecule has 0 aliphatic carbocycles. The van der Waals surface area contributed by atoms with E-state index in [9.17, 15) is 13.2 Å². The first kappa shape index (κ1) is 24.6. The molecule has 6 heteroatoms. The van der Waals surface area contributed by atoms with Crippen molar-refractivity contribution in [3.8, 4) is 22.3 Å². The summed E-state index contributed by atoms with van der Waals surface area (Å²) in [7, 11) is 0. The average molecular weight is 476 g/mol. The lowest BCUT2D eigenvalue weighted by molar-refractivity contribution is -0.138. The molecule has 35 heavy (non-hydrogen) atoms. The fourth-order valence-electron chi connectivity index (χ4n) is 3.94. The highest BCUT2D eigenvalue weighted by atomic mass is 19.4. The van der Waals surface area contributed by atoms with E-state index in [0.29, 0.717) is 29.8 Å². The molecule has 0 bridgehead atoms. The minimum atomic E-state index is -4.46. The molecule has 4 rings (SSSR count). The first-order valence-corrected chi connectivity index (χ1v) is 11.6. The van der Waals surface area contributed by atoms with Gasteiger partial charge in [0.1, 0.15) is 5.82 Å². The third-order valence-corrected chi connectivity index (χ3v) is 6.39. The lowest BCUT2D eigenvalue weighted by Crippen LogP contribution is -2.34. The molecule has 0 aliphatic heterocycles. The Bertz CT molecular complexity index is 1260. The van der Waals surface area contributed by atoms with Crippen LogP contribution in [0.4, 0.5) is 13.2 Å². The molecule has 3 nitrogen and oxygen atoms in total. The van der Waals surface area contributed by atoms with E-state index in [1.807, 2.05) is 68.4 Å². The van der Waals surface area contributed by atoms with Gasteiger partial charge in [-0.2, -0.15) is 13.2 Å². The lowest BCUT2D eigenvalue weighted by Gasteiger charge is -2.20. The van der Waals surface area contributed by atoms with Crippen LogP contribution in [0.1, 0.15) is 42.8 Å². The van der Waals surface area contributed by atoms with E-state index in [0.717, 1.165) is 16.7 Å². The van der Waals surface area contributed by atoms with Gasteiger partial charge in [-0.25, -0.2) is 9.97 Å². The van der Waals surface area contributed by atoms with Crippen molar-refractivity contribution >= 4 is 0 Å². The van der Waals surface area contributed by atoms with E-state index < -0.39 is 17.3 Å². The van der Waals surface area contributed by atoms with Crippen molar-refractivity contribution in [2.24, 2.45) is 5.73 Å². The summed E-state index contributed by atoms with van der Waals surface area (Å²) in [5.41, 5.74) is 9.26. The van der Waals surface area contributed by atoms with Gasteiger partial charge in [-0.1, -0.05) is 73.7 Å². The number of aromatic nitrogens is 2. The highest BCUT2D eigenvalue weighted by Crippen LogP contribution is 2.35. The molecule has 3 aromatic carbocycles. The zero-order valence-electron chi connectivity index (χ0n) is 19.8. The van der Waals surface area contributed by atoms with Crippen molar-refractivity contribution in [1.29, 1.82) is 0 Å². The van der Waals surface area contributed by atoms with Gasteiger partial charge in [-0.05, 0) is 60.1 Å². The van der Waals surface area contributed by atoms with Crippen LogP contribution in [0.15, 0.2) is 85.2 Å². The fraction of sp³-hybridized carbons (Fsp3) is 0.241. The Morgan fingerprint density at radius 1 is 0.743 bits per heavy atom. The van der Waals surface area contributed by atoms with Gasteiger partial charge in [0.05, 0.1) is 11.1 Å². The Hall–Kier alpha value is -3.51. The van der Waals surface area contributed by atoms with Crippen molar-refractivity contribution in [2.75, 3.05) is 0 Å². The summed E-state index contributed by atoms with van der Waals surface area (Å²) in [5.74, 6) is 0.467. The number of alkyl halides is 3. The zero-order chi connectivity index (χ0) is 25.1. The molecule has 0 saturated heterocycles. The van der Waals surface area contributed by atoms with Crippen molar-refractivity contribution in [3.63, 3.8) is 0 Å². The minimum Gasteiger partial charge on any atom is -0.319 e. The molecule has 1 heterocycles. The predicted molar refractivity (Wildman–Crippen MR) is 134 cm³/mol. The quantitative estimate of drug-likeness (QED) is 0.308. The standard InChI is InChI=1S/C29H28F3N3/c1-3-28(2,33)27-34-18-25(19-35-27)24-16-15-23(26(17-24)29(30,31)32)14-11-20-9-12-22(13-10-20)21-7-5-4-6-8-21/h4-10,12-13,15-19H,3,11,14,33H2,1-2H3/t28-/m0/s1. The molecule has 4 aromatic rings. The van der Waals surface area contributed by atoms with E-state index in [1.54, 1.807) is 12.1 Å². The Kier molecular flexibility index (Phi) is 7.03. The summed E-state index contributed by atoms with van der Waals surface area (Å²) >= 11 is 0. The molecule has 0 fully saturated rings. The maximum absolute atomic E-state index is 13.9. The topological polar surface area (TPSA) is 51.8 Å². The van der Waals surface area contributed by atoms with Crippen LogP contribution in [0.25, 0.3) is 22.3 Å². The SMILES string of the molecule is CC[C@](C)(N)c1ncc(-c2ccc(CCc3ccc(-c4ccccc4)cc3)c(C(F)(F)F)c2)cn1. The second kappa shape index (κ2) is 10.0. The lowest BCUT2D eigenvalue weighted by atomic mass is 9.95. The Balaban J connectivity index is 1.54. The molecule has 1 atom stereocenters. The van der Waals surface area contributed by atoms with Gasteiger partial charge >= 0.3 is 6.18 Å². The molecule has 1 aromatic heterocycles. The summed E-state index contributed by atoms with van der Waals surface area (Å²) in [6.07, 6.45) is 0.0629. The second-order valence-electron chi connectivity index (χ2n) is 9.00. The van der Waals surface area contributed by atoms with Gasteiger partial charge < -0.3 is 5.73 Å². The van der Waals surface area contributed by atoms with Crippen molar-refractivity contribution in [1.82, 2.24) is 9.97 Å². The van der Waals surface area contributed by atoms with E-state index >= 15 is 0 Å². The number of aryl methyl sites for hydroxylation is 2. The van der Waals surface area contributed by atoms with Gasteiger partial charge in [-0.3, -0.25) is 0 Å². The van der Waals surface area contributed by atoms with E-state index in [-0.39, 0.29) is 12.0 Å². The molecular weight excluding hydrogens is 447 g/mol. The third-order valence-electron chi connectivity index (χ3n) is 6.39. The van der Waals surface area contributed by atoms with Gasteiger partial charge in [0, 0.05) is 18.0 Å². The molecule has 0 saturated carbocycles. The second-order valence-corrected chi connectivity index (χ2v) is 9.00. The third kappa shape index (κ3) is 5.77. The number of hydrogen-bond donors (Lipinski definition) is 1. The highest BCUT2D eigenvalue weighted by Gasteiger charge is 2.33. The van der Waals surface area contributed by atoms with E-state index in [2.05, 4.69) is 9.97 Å². The monoisotopic (exact) mass is 475 g/mol. The van der Waals surface area contributed by atoms with Crippen LogP contribution in [0.5, 0.6) is 0 Å². The van der Waals surface area contributed by atoms with E-state index in [1.165, 1.54) is 18.5 Å². The van der Waals surface area contributed by atoms with Crippen LogP contribution in [0.3, 0.4) is 0 Å². The average Bonchev–Trinajstić information content (AvgIpc) is 2.88. The summed E-state index contributed by atoms with van der Waals surface area (Å²) in [6.45, 7) is 3.76.